The van der Waals surface area contributed by atoms with E-state index in [4.69, 9.17) is 9.47 Å². The Morgan fingerprint density at radius 1 is 1.05 bits per heavy atom. The van der Waals surface area contributed by atoms with Crippen LogP contribution in [0.15, 0.2) is 24.3 Å². The molecule has 4 heteroatoms. The molecule has 0 spiro atoms. The molecule has 0 fully saturated rings. The first kappa shape index (κ1) is 19.4. The molecule has 21 heavy (non-hydrogen) atoms. The van der Waals surface area contributed by atoms with Crippen molar-refractivity contribution in [3.63, 3.8) is 0 Å². The number of esters is 2. The summed E-state index contributed by atoms with van der Waals surface area (Å²) in [5.74, 6) is -0.198. The van der Waals surface area contributed by atoms with Gasteiger partial charge in [-0.2, -0.15) is 0 Å². The minimum Gasteiger partial charge on any atom is -0.455 e. The van der Waals surface area contributed by atoms with Crippen LogP contribution in [0.25, 0.3) is 0 Å². The molecule has 0 aromatic heterocycles. The van der Waals surface area contributed by atoms with E-state index in [9.17, 15) is 9.59 Å². The van der Waals surface area contributed by atoms with Crippen molar-refractivity contribution < 1.29 is 19.1 Å². The lowest BCUT2D eigenvalue weighted by molar-refractivity contribution is -0.176. The van der Waals surface area contributed by atoms with Crippen LogP contribution in [0.3, 0.4) is 0 Å². The Morgan fingerprint density at radius 3 is 1.86 bits per heavy atom. The van der Waals surface area contributed by atoms with Crippen molar-refractivity contribution in [3.8, 4) is 0 Å². The predicted molar refractivity (Wildman–Crippen MR) is 83.2 cm³/mol. The molecule has 0 rings (SSSR count). The standard InChI is InChI=1S/C17H26O4/c1-9-10-14(20-15(18)11(2)3)17(8,13(6)7)21-16(19)12(4)5/h14H,1-2,4,9-10H2,3,5-8H3. The molecule has 0 heterocycles. The first-order valence-corrected chi connectivity index (χ1v) is 6.91. The highest BCUT2D eigenvalue weighted by atomic mass is 16.6. The van der Waals surface area contributed by atoms with Crippen LogP contribution in [-0.2, 0) is 19.1 Å². The van der Waals surface area contributed by atoms with Crippen LogP contribution in [-0.4, -0.2) is 23.6 Å². The van der Waals surface area contributed by atoms with Crippen molar-refractivity contribution in [1.29, 1.82) is 0 Å². The predicted octanol–water partition coefficient (Wildman–Crippen LogP) is 3.58. The second-order valence-corrected chi connectivity index (χ2v) is 5.59. The van der Waals surface area contributed by atoms with E-state index in [1.54, 1.807) is 20.8 Å². The second-order valence-electron chi connectivity index (χ2n) is 5.59. The van der Waals surface area contributed by atoms with Crippen LogP contribution in [0.2, 0.25) is 0 Å². The van der Waals surface area contributed by atoms with E-state index in [2.05, 4.69) is 20.1 Å². The summed E-state index contributed by atoms with van der Waals surface area (Å²) in [6, 6.07) is 0. The van der Waals surface area contributed by atoms with Gasteiger partial charge in [-0.05, 0) is 33.6 Å². The molecule has 0 aliphatic heterocycles. The summed E-state index contributed by atoms with van der Waals surface area (Å²) < 4.78 is 11.0. The number of rotatable bonds is 8. The summed E-state index contributed by atoms with van der Waals surface area (Å²) >= 11 is 0. The molecule has 118 valence electrons. The first-order valence-electron chi connectivity index (χ1n) is 6.91. The summed E-state index contributed by atoms with van der Waals surface area (Å²) in [6.45, 7) is 19.5. The van der Waals surface area contributed by atoms with Crippen LogP contribution in [0.5, 0.6) is 0 Å². The van der Waals surface area contributed by atoms with E-state index in [-0.39, 0.29) is 0 Å². The van der Waals surface area contributed by atoms with E-state index in [1.807, 2.05) is 13.8 Å². The van der Waals surface area contributed by atoms with Crippen LogP contribution in [0.4, 0.5) is 0 Å². The van der Waals surface area contributed by atoms with Crippen LogP contribution in [0.1, 0.15) is 47.5 Å². The Balaban J connectivity index is 5.40. The van der Waals surface area contributed by atoms with E-state index in [1.165, 1.54) is 0 Å². The zero-order valence-corrected chi connectivity index (χ0v) is 13.7. The first-order chi connectivity index (χ1) is 9.56. The Bertz CT molecular complexity index is 423. The Hall–Kier alpha value is -1.58. The van der Waals surface area contributed by atoms with E-state index >= 15 is 0 Å². The highest BCUT2D eigenvalue weighted by Gasteiger charge is 2.43. The number of hydrogen-bond donors (Lipinski definition) is 0. The van der Waals surface area contributed by atoms with Gasteiger partial charge in [0, 0.05) is 17.1 Å². The van der Waals surface area contributed by atoms with Gasteiger partial charge in [0.1, 0.15) is 6.10 Å². The molecule has 0 aliphatic rings. The maximum atomic E-state index is 11.9. The fourth-order valence-corrected chi connectivity index (χ4v) is 1.63. The largest absolute Gasteiger partial charge is 0.455 e. The highest BCUT2D eigenvalue weighted by Crippen LogP contribution is 2.33. The van der Waals surface area contributed by atoms with Gasteiger partial charge in [-0.15, -0.1) is 0 Å². The fraction of sp³-hybridized carbons (Fsp3) is 0.529. The molecule has 2 unspecified atom stereocenters. The summed E-state index contributed by atoms with van der Waals surface area (Å²) in [5.41, 5.74) is -0.438. The summed E-state index contributed by atoms with van der Waals surface area (Å²) in [6.07, 6.45) is 0.402. The van der Waals surface area contributed by atoms with Crippen molar-refractivity contribution in [2.45, 2.75) is 59.2 Å². The molecule has 0 aromatic carbocycles. The number of carbonyl (C=O) groups is 2. The normalized spacial score (nSPS) is 15.0. The SMILES string of the molecule is [CH2]CCC(OC(=O)C(=C)C)C(C)(OC(=O)C(=C)C)[C](C)C. The average Bonchev–Trinajstić information content (AvgIpc) is 2.37. The third-order valence-corrected chi connectivity index (χ3v) is 3.32. The zero-order valence-electron chi connectivity index (χ0n) is 13.7. The zero-order chi connectivity index (χ0) is 16.8. The Labute approximate surface area is 128 Å². The van der Waals surface area contributed by atoms with Gasteiger partial charge >= 0.3 is 11.9 Å². The maximum absolute atomic E-state index is 11.9. The number of ether oxygens (including phenoxy) is 2. The Kier molecular flexibility index (Phi) is 7.41. The molecular weight excluding hydrogens is 268 g/mol. The van der Waals surface area contributed by atoms with Crippen molar-refractivity contribution in [2.75, 3.05) is 0 Å². The van der Waals surface area contributed by atoms with E-state index in [0.29, 0.717) is 24.0 Å². The van der Waals surface area contributed by atoms with E-state index in [0.717, 1.165) is 5.92 Å². The van der Waals surface area contributed by atoms with Gasteiger partial charge in [0.05, 0.1) is 0 Å². The van der Waals surface area contributed by atoms with Gasteiger partial charge in [-0.1, -0.05) is 33.9 Å². The van der Waals surface area contributed by atoms with Crippen molar-refractivity contribution in [3.05, 3.63) is 37.1 Å². The Morgan fingerprint density at radius 2 is 1.52 bits per heavy atom. The quantitative estimate of drug-likeness (QED) is 0.507. The molecule has 2 atom stereocenters. The topological polar surface area (TPSA) is 52.6 Å². The molecule has 0 bridgehead atoms. The molecule has 0 N–H and O–H groups in total. The van der Waals surface area contributed by atoms with Gasteiger partial charge in [0.15, 0.2) is 5.60 Å². The highest BCUT2D eigenvalue weighted by molar-refractivity contribution is 5.88. The van der Waals surface area contributed by atoms with Gasteiger partial charge in [-0.3, -0.25) is 0 Å². The lowest BCUT2D eigenvalue weighted by Crippen LogP contribution is -2.49. The summed E-state index contributed by atoms with van der Waals surface area (Å²) in [5, 5.41) is 0. The molecule has 0 aromatic rings. The molecule has 2 radical (unpaired) electrons. The van der Waals surface area contributed by atoms with Crippen LogP contribution < -0.4 is 0 Å². The minimum absolute atomic E-state index is 0.294. The number of carbonyl (C=O) groups excluding carboxylic acids is 2. The van der Waals surface area contributed by atoms with Crippen LogP contribution in [0, 0.1) is 12.8 Å². The van der Waals surface area contributed by atoms with Gasteiger partial charge in [-0.25, -0.2) is 9.59 Å². The summed E-state index contributed by atoms with van der Waals surface area (Å²) in [4.78, 5) is 23.7. The molecule has 4 nitrogen and oxygen atoms in total. The van der Waals surface area contributed by atoms with Crippen molar-refractivity contribution in [2.24, 2.45) is 0 Å². The lowest BCUT2D eigenvalue weighted by atomic mass is 9.84. The maximum Gasteiger partial charge on any atom is 0.333 e. The van der Waals surface area contributed by atoms with Gasteiger partial charge in [0.2, 0.25) is 0 Å². The molecular formula is C17H26O4. The molecule has 0 saturated heterocycles. The smallest absolute Gasteiger partial charge is 0.333 e. The molecule has 0 aliphatic carbocycles. The third kappa shape index (κ3) is 5.37. The van der Waals surface area contributed by atoms with E-state index < -0.39 is 23.6 Å². The molecule has 0 amide bonds. The fourth-order valence-electron chi connectivity index (χ4n) is 1.63. The lowest BCUT2D eigenvalue weighted by Gasteiger charge is -2.39. The second kappa shape index (κ2) is 8.01. The third-order valence-electron chi connectivity index (χ3n) is 3.32. The molecule has 0 saturated carbocycles. The number of hydrogen-bond acceptors (Lipinski definition) is 4. The van der Waals surface area contributed by atoms with Crippen molar-refractivity contribution in [1.82, 2.24) is 0 Å². The van der Waals surface area contributed by atoms with Gasteiger partial charge < -0.3 is 9.47 Å². The average molecular weight is 294 g/mol. The minimum atomic E-state index is -1.03. The van der Waals surface area contributed by atoms with Crippen molar-refractivity contribution >= 4 is 11.9 Å². The monoisotopic (exact) mass is 294 g/mol. The summed E-state index contributed by atoms with van der Waals surface area (Å²) in [7, 11) is 0. The van der Waals surface area contributed by atoms with Crippen LogP contribution >= 0.6 is 0 Å². The van der Waals surface area contributed by atoms with Gasteiger partial charge in [0.25, 0.3) is 0 Å².